The number of pyridine rings is 1. The number of hydrogen-bond acceptors (Lipinski definition) is 5. The molecule has 1 aliphatic rings. The van der Waals surface area contributed by atoms with E-state index in [1.807, 2.05) is 18.2 Å². The van der Waals surface area contributed by atoms with Crippen molar-refractivity contribution in [3.63, 3.8) is 0 Å². The van der Waals surface area contributed by atoms with E-state index in [0.29, 0.717) is 29.5 Å². The Morgan fingerprint density at radius 2 is 1.93 bits per heavy atom. The number of hydrogen-bond donors (Lipinski definition) is 4. The van der Waals surface area contributed by atoms with Crippen molar-refractivity contribution in [2.24, 2.45) is 0 Å². The summed E-state index contributed by atoms with van der Waals surface area (Å²) in [4.78, 5) is 40.3. The third-order valence-electron chi connectivity index (χ3n) is 3.59. The summed E-state index contributed by atoms with van der Waals surface area (Å²) in [5.74, 6) is -0.496. The molecule has 140 valence electrons. The Bertz CT molecular complexity index is 858. The van der Waals surface area contributed by atoms with E-state index in [2.05, 4.69) is 20.9 Å². The zero-order valence-corrected chi connectivity index (χ0v) is 14.1. The molecule has 0 saturated heterocycles. The van der Waals surface area contributed by atoms with Crippen LogP contribution < -0.4 is 25.6 Å². The number of anilines is 3. The summed E-state index contributed by atoms with van der Waals surface area (Å²) in [5, 5.41) is 16.0. The van der Waals surface area contributed by atoms with Crippen molar-refractivity contribution < 1.29 is 24.2 Å². The fourth-order valence-electron chi connectivity index (χ4n) is 2.41. The number of amides is 4. The van der Waals surface area contributed by atoms with Gasteiger partial charge in [0.2, 0.25) is 0 Å². The molecule has 0 spiro atoms. The summed E-state index contributed by atoms with van der Waals surface area (Å²) in [6.07, 6.45) is 1.36. The fourth-order valence-corrected chi connectivity index (χ4v) is 2.41. The van der Waals surface area contributed by atoms with Crippen LogP contribution in [-0.2, 0) is 4.79 Å². The van der Waals surface area contributed by atoms with Gasteiger partial charge in [-0.25, -0.2) is 14.6 Å². The molecule has 27 heavy (non-hydrogen) atoms. The van der Waals surface area contributed by atoms with Crippen LogP contribution in [0, 0.1) is 0 Å². The number of fused-ring (bicyclic) bond motifs is 1. The minimum atomic E-state index is -1.16. The first-order valence-electron chi connectivity index (χ1n) is 8.06. The highest BCUT2D eigenvalue weighted by atomic mass is 16.5. The Labute approximate surface area is 154 Å². The first-order chi connectivity index (χ1) is 13.0. The smallest absolute Gasteiger partial charge is 0.327 e. The van der Waals surface area contributed by atoms with Crippen molar-refractivity contribution in [1.82, 2.24) is 10.3 Å². The number of nitrogens with one attached hydrogen (secondary N) is 3. The Morgan fingerprint density at radius 3 is 2.67 bits per heavy atom. The van der Waals surface area contributed by atoms with Gasteiger partial charge < -0.3 is 25.8 Å². The normalized spacial score (nSPS) is 12.4. The highest BCUT2D eigenvalue weighted by molar-refractivity contribution is 6.02. The first kappa shape index (κ1) is 18.0. The zero-order valence-electron chi connectivity index (χ0n) is 14.1. The molecular formula is C17H17N5O5. The van der Waals surface area contributed by atoms with Gasteiger partial charge in [0.1, 0.15) is 13.2 Å². The monoisotopic (exact) mass is 371 g/mol. The van der Waals surface area contributed by atoms with E-state index in [1.165, 1.54) is 17.2 Å². The molecule has 0 atom stereocenters. The van der Waals surface area contributed by atoms with Crippen molar-refractivity contribution in [2.75, 3.05) is 35.2 Å². The molecule has 2 heterocycles. The molecule has 3 rings (SSSR count). The molecule has 0 bridgehead atoms. The molecule has 0 radical (unpaired) electrons. The SMILES string of the molecule is O=C(O)CNC(=O)Nc1cnc2c(c1)OCCN2C(=O)Nc1ccccc1. The van der Waals surface area contributed by atoms with E-state index in [9.17, 15) is 14.4 Å². The maximum absolute atomic E-state index is 12.5. The molecule has 2 aromatic rings. The number of urea groups is 2. The molecule has 0 fully saturated rings. The second-order valence-electron chi connectivity index (χ2n) is 5.54. The highest BCUT2D eigenvalue weighted by Crippen LogP contribution is 2.32. The van der Waals surface area contributed by atoms with E-state index in [0.717, 1.165) is 0 Å². The molecule has 0 saturated carbocycles. The van der Waals surface area contributed by atoms with Crippen LogP contribution in [0.4, 0.5) is 26.8 Å². The number of para-hydroxylation sites is 1. The lowest BCUT2D eigenvalue weighted by Crippen LogP contribution is -2.41. The number of carboxylic acid groups (broad SMARTS) is 1. The van der Waals surface area contributed by atoms with Gasteiger partial charge in [0, 0.05) is 11.8 Å². The van der Waals surface area contributed by atoms with Crippen LogP contribution in [0.15, 0.2) is 42.6 Å². The van der Waals surface area contributed by atoms with Crippen LogP contribution in [-0.4, -0.2) is 47.8 Å². The predicted octanol–water partition coefficient (Wildman–Crippen LogP) is 1.72. The number of aromatic nitrogens is 1. The lowest BCUT2D eigenvalue weighted by Gasteiger charge is -2.28. The number of benzene rings is 1. The summed E-state index contributed by atoms with van der Waals surface area (Å²) in [6, 6.07) is 9.51. The lowest BCUT2D eigenvalue weighted by molar-refractivity contribution is -0.135. The lowest BCUT2D eigenvalue weighted by atomic mass is 10.3. The quantitative estimate of drug-likeness (QED) is 0.647. The molecule has 0 unspecified atom stereocenters. The van der Waals surface area contributed by atoms with Crippen molar-refractivity contribution in [3.8, 4) is 5.75 Å². The third kappa shape index (κ3) is 4.63. The molecule has 1 aromatic heterocycles. The summed E-state index contributed by atoms with van der Waals surface area (Å²) < 4.78 is 5.52. The third-order valence-corrected chi connectivity index (χ3v) is 3.59. The van der Waals surface area contributed by atoms with Crippen molar-refractivity contribution in [2.45, 2.75) is 0 Å². The second kappa shape index (κ2) is 8.04. The number of nitrogens with zero attached hydrogens (tertiary/aromatic N) is 2. The molecule has 1 aromatic carbocycles. The average Bonchev–Trinajstić information content (AvgIpc) is 2.66. The predicted molar refractivity (Wildman–Crippen MR) is 97.2 cm³/mol. The standard InChI is InChI=1S/C17H17N5O5/c23-14(24)10-19-16(25)20-12-8-13-15(18-9-12)22(6-7-27-13)17(26)21-11-4-2-1-3-5-11/h1-5,8-9H,6-7,10H2,(H,21,26)(H,23,24)(H2,19,20,25). The van der Waals surface area contributed by atoms with Crippen molar-refractivity contribution in [1.29, 1.82) is 0 Å². The fraction of sp³-hybridized carbons (Fsp3) is 0.176. The van der Waals surface area contributed by atoms with Gasteiger partial charge in [0.25, 0.3) is 0 Å². The molecule has 10 heteroatoms. The van der Waals surface area contributed by atoms with Gasteiger partial charge in [-0.05, 0) is 12.1 Å². The summed E-state index contributed by atoms with van der Waals surface area (Å²) in [5.41, 5.74) is 0.964. The maximum atomic E-state index is 12.5. The average molecular weight is 371 g/mol. The topological polar surface area (TPSA) is 133 Å². The van der Waals surface area contributed by atoms with E-state index in [4.69, 9.17) is 9.84 Å². The Kier molecular flexibility index (Phi) is 5.36. The van der Waals surface area contributed by atoms with Gasteiger partial charge in [-0.1, -0.05) is 18.2 Å². The van der Waals surface area contributed by atoms with Crippen LogP contribution in [0.1, 0.15) is 0 Å². The Balaban J connectivity index is 1.70. The van der Waals surface area contributed by atoms with Crippen molar-refractivity contribution >= 4 is 35.2 Å². The van der Waals surface area contributed by atoms with Gasteiger partial charge in [-0.15, -0.1) is 0 Å². The molecule has 0 aliphatic carbocycles. The number of ether oxygens (including phenoxy) is 1. The molecule has 10 nitrogen and oxygen atoms in total. The molecule has 1 aliphatic heterocycles. The summed E-state index contributed by atoms with van der Waals surface area (Å²) >= 11 is 0. The Hall–Kier alpha value is -3.82. The molecular weight excluding hydrogens is 354 g/mol. The van der Waals surface area contributed by atoms with Crippen LogP contribution in [0.5, 0.6) is 5.75 Å². The van der Waals surface area contributed by atoms with Crippen LogP contribution in [0.2, 0.25) is 0 Å². The van der Waals surface area contributed by atoms with Crippen LogP contribution in [0.25, 0.3) is 0 Å². The van der Waals surface area contributed by atoms with E-state index < -0.39 is 18.5 Å². The number of rotatable bonds is 4. The summed E-state index contributed by atoms with van der Waals surface area (Å²) in [6.45, 7) is 0.0875. The van der Waals surface area contributed by atoms with E-state index in [1.54, 1.807) is 12.1 Å². The van der Waals surface area contributed by atoms with E-state index in [-0.39, 0.29) is 12.6 Å². The van der Waals surface area contributed by atoms with Crippen LogP contribution in [0.3, 0.4) is 0 Å². The minimum absolute atomic E-state index is 0.269. The van der Waals surface area contributed by atoms with Crippen molar-refractivity contribution in [3.05, 3.63) is 42.6 Å². The number of carbonyl (C=O) groups is 3. The largest absolute Gasteiger partial charge is 0.488 e. The van der Waals surface area contributed by atoms with Crippen LogP contribution >= 0.6 is 0 Å². The number of carbonyl (C=O) groups excluding carboxylic acids is 2. The van der Waals surface area contributed by atoms with Gasteiger partial charge in [-0.3, -0.25) is 9.69 Å². The first-order valence-corrected chi connectivity index (χ1v) is 8.06. The molecule has 4 amide bonds. The van der Waals surface area contributed by atoms with Gasteiger partial charge in [-0.2, -0.15) is 0 Å². The van der Waals surface area contributed by atoms with Gasteiger partial charge in [0.15, 0.2) is 11.6 Å². The second-order valence-corrected chi connectivity index (χ2v) is 5.54. The van der Waals surface area contributed by atoms with Gasteiger partial charge in [0.05, 0.1) is 18.4 Å². The number of carboxylic acids is 1. The summed E-state index contributed by atoms with van der Waals surface area (Å²) in [7, 11) is 0. The Morgan fingerprint density at radius 1 is 1.15 bits per heavy atom. The zero-order chi connectivity index (χ0) is 19.2. The maximum Gasteiger partial charge on any atom is 0.327 e. The number of aliphatic carboxylic acids is 1. The van der Waals surface area contributed by atoms with E-state index >= 15 is 0 Å². The highest BCUT2D eigenvalue weighted by Gasteiger charge is 2.25. The minimum Gasteiger partial charge on any atom is -0.488 e. The molecule has 4 N–H and O–H groups in total. The van der Waals surface area contributed by atoms with Gasteiger partial charge >= 0.3 is 18.0 Å².